The minimum absolute atomic E-state index is 0.0148. The third-order valence-corrected chi connectivity index (χ3v) is 5.36. The zero-order valence-electron chi connectivity index (χ0n) is 19.9. The fraction of sp³-hybridized carbons (Fsp3) is 0.346. The molecule has 34 heavy (non-hydrogen) atoms. The number of hydrogen-bond acceptors (Lipinski definition) is 5. The van der Waals surface area contributed by atoms with Crippen molar-refractivity contribution in [2.75, 3.05) is 26.2 Å². The van der Waals surface area contributed by atoms with Crippen LogP contribution in [0.15, 0.2) is 48.7 Å². The highest BCUT2D eigenvalue weighted by Gasteiger charge is 2.13. The van der Waals surface area contributed by atoms with Gasteiger partial charge in [0.2, 0.25) is 0 Å². The van der Waals surface area contributed by atoms with E-state index < -0.39 is 11.9 Å². The molecule has 182 valence electrons. The minimum Gasteiger partial charge on any atom is -0.492 e. The zero-order valence-corrected chi connectivity index (χ0v) is 19.9. The SMILES string of the molecule is Cc1cc(C(=O)/C=C/c2cccn2C)cc(C)c1OCCN1CCCC1.O=C(O)/C=C/C(=O)O. The fourth-order valence-electron chi connectivity index (χ4n) is 3.65. The number of aromatic nitrogens is 1. The highest BCUT2D eigenvalue weighted by Crippen LogP contribution is 2.25. The zero-order chi connectivity index (χ0) is 25.1. The molecule has 2 N–H and O–H groups in total. The van der Waals surface area contributed by atoms with Gasteiger partial charge in [0.15, 0.2) is 5.78 Å². The van der Waals surface area contributed by atoms with E-state index in [4.69, 9.17) is 14.9 Å². The van der Waals surface area contributed by atoms with E-state index in [0.29, 0.717) is 24.3 Å². The van der Waals surface area contributed by atoms with Crippen LogP contribution < -0.4 is 4.74 Å². The Bertz CT molecular complexity index is 1020. The molecule has 0 aliphatic carbocycles. The molecule has 1 aliphatic heterocycles. The number of hydrogen-bond donors (Lipinski definition) is 2. The molecule has 1 fully saturated rings. The average Bonchev–Trinajstić information content (AvgIpc) is 3.44. The Balaban J connectivity index is 0.000000440. The number of likely N-dealkylation sites (tertiary alicyclic amines) is 1. The van der Waals surface area contributed by atoms with Crippen LogP contribution in [0.5, 0.6) is 5.75 Å². The summed E-state index contributed by atoms with van der Waals surface area (Å²) in [5.74, 6) is -1.59. The van der Waals surface area contributed by atoms with Crippen LogP contribution in [0.25, 0.3) is 6.08 Å². The lowest BCUT2D eigenvalue weighted by molar-refractivity contribution is -0.134. The van der Waals surface area contributed by atoms with Crippen LogP contribution in [0.3, 0.4) is 0 Å². The van der Waals surface area contributed by atoms with Gasteiger partial charge in [0.05, 0.1) is 0 Å². The molecule has 0 atom stereocenters. The predicted octanol–water partition coefficient (Wildman–Crippen LogP) is 3.72. The monoisotopic (exact) mass is 468 g/mol. The van der Waals surface area contributed by atoms with Gasteiger partial charge in [-0.1, -0.05) is 0 Å². The number of carbonyl (C=O) groups is 3. The van der Waals surface area contributed by atoms with Crippen molar-refractivity contribution in [1.82, 2.24) is 9.47 Å². The second kappa shape index (κ2) is 13.2. The number of aryl methyl sites for hydroxylation is 3. The van der Waals surface area contributed by atoms with Gasteiger partial charge in [-0.2, -0.15) is 0 Å². The maximum atomic E-state index is 12.5. The summed E-state index contributed by atoms with van der Waals surface area (Å²) in [5, 5.41) is 15.6. The maximum Gasteiger partial charge on any atom is 0.328 e. The van der Waals surface area contributed by atoms with Gasteiger partial charge in [-0.25, -0.2) is 9.59 Å². The Morgan fingerprint density at radius 1 is 1.00 bits per heavy atom. The Hall–Kier alpha value is -3.65. The van der Waals surface area contributed by atoms with Crippen molar-refractivity contribution >= 4 is 23.8 Å². The van der Waals surface area contributed by atoms with Crippen molar-refractivity contribution in [3.63, 3.8) is 0 Å². The summed E-state index contributed by atoms with van der Waals surface area (Å²) in [5.41, 5.74) is 3.75. The summed E-state index contributed by atoms with van der Waals surface area (Å²) in [6, 6.07) is 7.80. The molecule has 0 unspecified atom stereocenters. The highest BCUT2D eigenvalue weighted by atomic mass is 16.5. The van der Waals surface area contributed by atoms with Crippen molar-refractivity contribution in [3.8, 4) is 5.75 Å². The van der Waals surface area contributed by atoms with Crippen LogP contribution in [0.1, 0.15) is 40.0 Å². The first kappa shape index (κ1) is 26.6. The number of nitrogens with zero attached hydrogens (tertiary/aromatic N) is 2. The van der Waals surface area contributed by atoms with Gasteiger partial charge in [-0.15, -0.1) is 0 Å². The standard InChI is InChI=1S/C22H28N2O2.C4H4O4/c1-17-15-19(21(25)9-8-20-7-6-10-23(20)3)16-18(2)22(17)26-14-13-24-11-4-5-12-24;5-3(6)1-2-4(7)8/h6-10,15-16H,4-5,11-14H2,1-3H3;1-2H,(H,5,6)(H,7,8)/b9-8+;2-1+. The van der Waals surface area contributed by atoms with E-state index >= 15 is 0 Å². The van der Waals surface area contributed by atoms with E-state index in [1.165, 1.54) is 25.9 Å². The third-order valence-electron chi connectivity index (χ3n) is 5.36. The molecule has 1 aromatic heterocycles. The van der Waals surface area contributed by atoms with Gasteiger partial charge in [-0.05, 0) is 87.3 Å². The second-order valence-electron chi connectivity index (χ2n) is 8.09. The molecule has 8 nitrogen and oxygen atoms in total. The summed E-state index contributed by atoms with van der Waals surface area (Å²) in [6.45, 7) is 8.05. The van der Waals surface area contributed by atoms with Crippen molar-refractivity contribution in [2.24, 2.45) is 7.05 Å². The number of ketones is 1. The second-order valence-corrected chi connectivity index (χ2v) is 8.09. The number of rotatable bonds is 9. The summed E-state index contributed by atoms with van der Waals surface area (Å²) >= 11 is 0. The smallest absolute Gasteiger partial charge is 0.328 e. The first-order valence-electron chi connectivity index (χ1n) is 11.1. The topological polar surface area (TPSA) is 109 Å². The van der Waals surface area contributed by atoms with E-state index in [1.54, 1.807) is 6.08 Å². The Kier molecular flexibility index (Phi) is 10.3. The summed E-state index contributed by atoms with van der Waals surface area (Å²) in [4.78, 5) is 34.1. The van der Waals surface area contributed by atoms with E-state index in [9.17, 15) is 14.4 Å². The van der Waals surface area contributed by atoms with Crippen LogP contribution in [0, 0.1) is 13.8 Å². The molecule has 3 rings (SSSR count). The largest absolute Gasteiger partial charge is 0.492 e. The number of ether oxygens (including phenoxy) is 1. The van der Waals surface area contributed by atoms with Gasteiger partial charge < -0.3 is 19.5 Å². The lowest BCUT2D eigenvalue weighted by Gasteiger charge is -2.17. The van der Waals surface area contributed by atoms with Crippen LogP contribution in [-0.2, 0) is 16.6 Å². The van der Waals surface area contributed by atoms with Crippen molar-refractivity contribution < 1.29 is 29.3 Å². The summed E-state index contributed by atoms with van der Waals surface area (Å²) in [7, 11) is 1.97. The number of allylic oxidation sites excluding steroid dienone is 1. The van der Waals surface area contributed by atoms with E-state index in [-0.39, 0.29) is 5.78 Å². The molecular weight excluding hydrogens is 436 g/mol. The van der Waals surface area contributed by atoms with Gasteiger partial charge in [0.25, 0.3) is 0 Å². The molecule has 0 amide bonds. The molecule has 1 saturated heterocycles. The Morgan fingerprint density at radius 3 is 2.09 bits per heavy atom. The van der Waals surface area contributed by atoms with Crippen molar-refractivity contribution in [1.29, 1.82) is 0 Å². The lowest BCUT2D eigenvalue weighted by atomic mass is 10.0. The quantitative estimate of drug-likeness (QED) is 0.426. The molecule has 1 aromatic carbocycles. The van der Waals surface area contributed by atoms with E-state index in [1.807, 2.05) is 62.0 Å². The molecule has 2 aromatic rings. The van der Waals surface area contributed by atoms with Crippen molar-refractivity contribution in [2.45, 2.75) is 26.7 Å². The lowest BCUT2D eigenvalue weighted by Crippen LogP contribution is -2.25. The molecule has 1 aliphatic rings. The van der Waals surface area contributed by atoms with Crippen molar-refractivity contribution in [3.05, 3.63) is 71.1 Å². The van der Waals surface area contributed by atoms with Crippen LogP contribution in [0.2, 0.25) is 0 Å². The molecule has 8 heteroatoms. The first-order chi connectivity index (χ1) is 16.2. The molecule has 0 bridgehead atoms. The normalized spacial score (nSPS) is 13.7. The Labute approximate surface area is 199 Å². The van der Waals surface area contributed by atoms with Gasteiger partial charge in [0, 0.05) is 43.2 Å². The van der Waals surface area contributed by atoms with Gasteiger partial charge in [-0.3, -0.25) is 9.69 Å². The van der Waals surface area contributed by atoms with E-state index in [0.717, 1.165) is 29.1 Å². The molecule has 0 spiro atoms. The number of carboxylic acids is 2. The van der Waals surface area contributed by atoms with Gasteiger partial charge >= 0.3 is 11.9 Å². The third kappa shape index (κ3) is 8.71. The minimum atomic E-state index is -1.26. The van der Waals surface area contributed by atoms with Gasteiger partial charge in [0.1, 0.15) is 12.4 Å². The molecule has 2 heterocycles. The molecular formula is C26H32N2O6. The first-order valence-corrected chi connectivity index (χ1v) is 11.1. The molecule has 0 radical (unpaired) electrons. The fourth-order valence-corrected chi connectivity index (χ4v) is 3.65. The summed E-state index contributed by atoms with van der Waals surface area (Å²) in [6.07, 6.45) is 9.17. The number of benzene rings is 1. The number of carbonyl (C=O) groups excluding carboxylic acids is 1. The molecule has 0 saturated carbocycles. The maximum absolute atomic E-state index is 12.5. The number of aliphatic carboxylic acids is 2. The van der Waals surface area contributed by atoms with Crippen LogP contribution >= 0.6 is 0 Å². The summed E-state index contributed by atoms with van der Waals surface area (Å²) < 4.78 is 8.01. The number of carboxylic acid groups (broad SMARTS) is 2. The van der Waals surface area contributed by atoms with Crippen LogP contribution in [-0.4, -0.2) is 63.6 Å². The predicted molar refractivity (Wildman–Crippen MR) is 130 cm³/mol. The Morgan fingerprint density at radius 2 is 1.59 bits per heavy atom. The highest BCUT2D eigenvalue weighted by molar-refractivity contribution is 6.07. The average molecular weight is 469 g/mol. The van der Waals surface area contributed by atoms with E-state index in [2.05, 4.69) is 4.90 Å². The van der Waals surface area contributed by atoms with Crippen LogP contribution in [0.4, 0.5) is 0 Å².